The number of rotatable bonds is 3. The summed E-state index contributed by atoms with van der Waals surface area (Å²) in [6.07, 6.45) is -4.69. The lowest BCUT2D eigenvalue weighted by Crippen LogP contribution is -2.16. The van der Waals surface area contributed by atoms with Gasteiger partial charge in [0.15, 0.2) is 0 Å². The van der Waals surface area contributed by atoms with Crippen LogP contribution in [0.3, 0.4) is 0 Å². The van der Waals surface area contributed by atoms with Crippen molar-refractivity contribution >= 4 is 23.1 Å². The SMILES string of the molecule is FC(F)(F)Oc1ccc(Nc2cccc(Cl)n2)cc1. The van der Waals surface area contributed by atoms with Gasteiger partial charge in [0.2, 0.25) is 0 Å². The summed E-state index contributed by atoms with van der Waals surface area (Å²) >= 11 is 5.71. The molecule has 0 spiro atoms. The highest BCUT2D eigenvalue weighted by molar-refractivity contribution is 6.29. The van der Waals surface area contributed by atoms with Crippen molar-refractivity contribution in [3.8, 4) is 5.75 Å². The Morgan fingerprint density at radius 1 is 1.05 bits per heavy atom. The van der Waals surface area contributed by atoms with E-state index in [0.717, 1.165) is 0 Å². The van der Waals surface area contributed by atoms with Gasteiger partial charge in [-0.3, -0.25) is 0 Å². The Labute approximate surface area is 112 Å². The highest BCUT2D eigenvalue weighted by Gasteiger charge is 2.30. The van der Waals surface area contributed by atoms with Crippen LogP contribution in [0.2, 0.25) is 5.15 Å². The molecule has 1 N–H and O–H groups in total. The highest BCUT2D eigenvalue weighted by atomic mass is 35.5. The van der Waals surface area contributed by atoms with E-state index in [2.05, 4.69) is 15.0 Å². The Bertz CT molecular complexity index is 558. The lowest BCUT2D eigenvalue weighted by molar-refractivity contribution is -0.274. The first kappa shape index (κ1) is 13.5. The average Bonchev–Trinajstić information content (AvgIpc) is 2.30. The maximum Gasteiger partial charge on any atom is 0.573 e. The first-order chi connectivity index (χ1) is 8.92. The van der Waals surface area contributed by atoms with Gasteiger partial charge in [0.1, 0.15) is 16.7 Å². The number of alkyl halides is 3. The molecule has 7 heteroatoms. The van der Waals surface area contributed by atoms with Crippen molar-refractivity contribution in [2.75, 3.05) is 5.32 Å². The summed E-state index contributed by atoms with van der Waals surface area (Å²) in [6.45, 7) is 0. The van der Waals surface area contributed by atoms with Gasteiger partial charge in [0.05, 0.1) is 0 Å². The summed E-state index contributed by atoms with van der Waals surface area (Å²) in [5.74, 6) is 0.217. The fourth-order valence-corrected chi connectivity index (χ4v) is 1.53. The standard InChI is InChI=1S/C12H8ClF3N2O/c13-10-2-1-3-11(18-10)17-8-4-6-9(7-5-8)19-12(14,15)16/h1-7H,(H,17,18). The van der Waals surface area contributed by atoms with Crippen LogP contribution in [0.25, 0.3) is 0 Å². The molecule has 0 unspecified atom stereocenters. The average molecular weight is 289 g/mol. The molecule has 0 radical (unpaired) electrons. The van der Waals surface area contributed by atoms with Gasteiger partial charge in [0.25, 0.3) is 0 Å². The molecule has 1 aromatic heterocycles. The molecule has 0 atom stereocenters. The van der Waals surface area contributed by atoms with Crippen molar-refractivity contribution in [2.45, 2.75) is 6.36 Å². The molecule has 2 rings (SSSR count). The minimum Gasteiger partial charge on any atom is -0.406 e. The van der Waals surface area contributed by atoms with E-state index in [1.54, 1.807) is 18.2 Å². The summed E-state index contributed by atoms with van der Waals surface area (Å²) < 4.78 is 39.7. The minimum absolute atomic E-state index is 0.280. The quantitative estimate of drug-likeness (QED) is 0.851. The summed E-state index contributed by atoms with van der Waals surface area (Å²) in [5, 5.41) is 3.22. The molecule has 3 nitrogen and oxygen atoms in total. The van der Waals surface area contributed by atoms with Gasteiger partial charge in [-0.2, -0.15) is 0 Å². The Balaban J connectivity index is 2.07. The van der Waals surface area contributed by atoms with Gasteiger partial charge >= 0.3 is 6.36 Å². The second kappa shape index (κ2) is 5.36. The minimum atomic E-state index is -4.69. The first-order valence-corrected chi connectivity index (χ1v) is 5.55. The van der Waals surface area contributed by atoms with Crippen LogP contribution in [-0.2, 0) is 0 Å². The fourth-order valence-electron chi connectivity index (χ4n) is 1.37. The summed E-state index contributed by atoms with van der Waals surface area (Å²) in [7, 11) is 0. The molecule has 0 fully saturated rings. The van der Waals surface area contributed by atoms with Crippen LogP contribution in [0.5, 0.6) is 5.75 Å². The number of nitrogens with one attached hydrogen (secondary N) is 1. The van der Waals surface area contributed by atoms with E-state index in [1.807, 2.05) is 0 Å². The molecule has 100 valence electrons. The number of aromatic nitrogens is 1. The predicted octanol–water partition coefficient (Wildman–Crippen LogP) is 4.38. The van der Waals surface area contributed by atoms with Gasteiger partial charge in [-0.05, 0) is 36.4 Å². The topological polar surface area (TPSA) is 34.1 Å². The van der Waals surface area contributed by atoms with E-state index in [9.17, 15) is 13.2 Å². The Morgan fingerprint density at radius 2 is 1.74 bits per heavy atom. The van der Waals surface area contributed by atoms with Crippen molar-refractivity contribution in [1.82, 2.24) is 4.98 Å². The van der Waals surface area contributed by atoms with Crippen molar-refractivity contribution < 1.29 is 17.9 Å². The lowest BCUT2D eigenvalue weighted by Gasteiger charge is -2.10. The van der Waals surface area contributed by atoms with E-state index in [-0.39, 0.29) is 5.75 Å². The zero-order valence-electron chi connectivity index (χ0n) is 9.41. The summed E-state index contributed by atoms with van der Waals surface area (Å²) in [5.41, 5.74) is 0.573. The van der Waals surface area contributed by atoms with Crippen molar-refractivity contribution in [3.05, 3.63) is 47.6 Å². The predicted molar refractivity (Wildman–Crippen MR) is 65.7 cm³/mol. The van der Waals surface area contributed by atoms with Gasteiger partial charge in [-0.1, -0.05) is 17.7 Å². The summed E-state index contributed by atoms with van der Waals surface area (Å²) in [4.78, 5) is 3.99. The van der Waals surface area contributed by atoms with Crippen molar-refractivity contribution in [3.63, 3.8) is 0 Å². The van der Waals surface area contributed by atoms with Crippen LogP contribution >= 0.6 is 11.6 Å². The van der Waals surface area contributed by atoms with E-state index >= 15 is 0 Å². The summed E-state index contributed by atoms with van der Waals surface area (Å²) in [6, 6.07) is 10.3. The highest BCUT2D eigenvalue weighted by Crippen LogP contribution is 2.25. The third-order valence-corrected chi connectivity index (χ3v) is 2.29. The molecule has 1 aromatic carbocycles. The van der Waals surface area contributed by atoms with Crippen LogP contribution in [0.1, 0.15) is 0 Å². The zero-order valence-corrected chi connectivity index (χ0v) is 10.2. The van der Waals surface area contributed by atoms with E-state index in [0.29, 0.717) is 16.7 Å². The Morgan fingerprint density at radius 3 is 2.32 bits per heavy atom. The third-order valence-electron chi connectivity index (χ3n) is 2.08. The molecular formula is C12H8ClF3N2O. The maximum absolute atomic E-state index is 12.0. The largest absolute Gasteiger partial charge is 0.573 e. The first-order valence-electron chi connectivity index (χ1n) is 5.18. The van der Waals surface area contributed by atoms with Crippen LogP contribution < -0.4 is 10.1 Å². The van der Waals surface area contributed by atoms with Crippen LogP contribution in [-0.4, -0.2) is 11.3 Å². The van der Waals surface area contributed by atoms with Crippen LogP contribution in [0, 0.1) is 0 Å². The number of anilines is 2. The van der Waals surface area contributed by atoms with E-state index in [1.165, 1.54) is 24.3 Å². The van der Waals surface area contributed by atoms with E-state index in [4.69, 9.17) is 11.6 Å². The van der Waals surface area contributed by atoms with Crippen LogP contribution in [0.4, 0.5) is 24.7 Å². The molecule has 0 saturated heterocycles. The molecule has 0 aliphatic heterocycles. The van der Waals surface area contributed by atoms with Gasteiger partial charge in [-0.15, -0.1) is 13.2 Å². The molecule has 0 amide bonds. The molecule has 0 bridgehead atoms. The van der Waals surface area contributed by atoms with Crippen molar-refractivity contribution in [1.29, 1.82) is 0 Å². The van der Waals surface area contributed by atoms with Crippen LogP contribution in [0.15, 0.2) is 42.5 Å². The molecular weight excluding hydrogens is 281 g/mol. The normalized spacial score (nSPS) is 11.2. The Hall–Kier alpha value is -1.95. The number of pyridine rings is 1. The molecule has 19 heavy (non-hydrogen) atoms. The lowest BCUT2D eigenvalue weighted by atomic mass is 10.3. The number of halogens is 4. The monoisotopic (exact) mass is 288 g/mol. The number of benzene rings is 1. The van der Waals surface area contributed by atoms with Gasteiger partial charge in [-0.25, -0.2) is 4.98 Å². The molecule has 0 saturated carbocycles. The van der Waals surface area contributed by atoms with Crippen molar-refractivity contribution in [2.24, 2.45) is 0 Å². The second-order valence-corrected chi connectivity index (χ2v) is 3.93. The molecule has 0 aliphatic carbocycles. The molecule has 2 aromatic rings. The fraction of sp³-hybridized carbons (Fsp3) is 0.0833. The number of nitrogens with zero attached hydrogens (tertiary/aromatic N) is 1. The number of ether oxygens (including phenoxy) is 1. The third kappa shape index (κ3) is 4.33. The zero-order chi connectivity index (χ0) is 13.9. The smallest absolute Gasteiger partial charge is 0.406 e. The molecule has 1 heterocycles. The van der Waals surface area contributed by atoms with Gasteiger partial charge < -0.3 is 10.1 Å². The van der Waals surface area contributed by atoms with E-state index < -0.39 is 6.36 Å². The number of hydrogen-bond donors (Lipinski definition) is 1. The second-order valence-electron chi connectivity index (χ2n) is 3.54. The number of hydrogen-bond acceptors (Lipinski definition) is 3. The molecule has 0 aliphatic rings. The Kier molecular flexibility index (Phi) is 3.80. The maximum atomic E-state index is 12.0. The van der Waals surface area contributed by atoms with Gasteiger partial charge in [0, 0.05) is 5.69 Å².